The Morgan fingerprint density at radius 1 is 1.12 bits per heavy atom. The highest BCUT2D eigenvalue weighted by Crippen LogP contribution is 2.29. The number of anilines is 2. The molecule has 3 N–H and O–H groups in total. The Balaban J connectivity index is 2.56. The van der Waals surface area contributed by atoms with Gasteiger partial charge in [-0.1, -0.05) is 12.1 Å². The van der Waals surface area contributed by atoms with E-state index in [1.807, 2.05) is 6.07 Å². The monoisotopic (exact) mass is 234 g/mol. The van der Waals surface area contributed by atoms with Crippen LogP contribution in [0.25, 0.3) is 11.1 Å². The fraction of sp³-hybridized carbons (Fsp3) is 0.0769. The number of hydrogen-bond donors (Lipinski definition) is 2. The molecular formula is C13H12F2N2. The van der Waals surface area contributed by atoms with Crippen LogP contribution in [0.3, 0.4) is 0 Å². The quantitative estimate of drug-likeness (QED) is 0.783. The zero-order valence-electron chi connectivity index (χ0n) is 9.30. The van der Waals surface area contributed by atoms with E-state index in [-0.39, 0.29) is 0 Å². The van der Waals surface area contributed by atoms with Crippen molar-refractivity contribution in [1.29, 1.82) is 0 Å². The number of nitrogen functional groups attached to an aromatic ring is 1. The van der Waals surface area contributed by atoms with Gasteiger partial charge in [0.1, 0.15) is 11.5 Å². The van der Waals surface area contributed by atoms with E-state index >= 15 is 0 Å². The topological polar surface area (TPSA) is 38.0 Å². The minimum absolute atomic E-state index is 0.293. The highest BCUT2D eigenvalue weighted by atomic mass is 19.1. The molecule has 0 aliphatic rings. The second-order valence-corrected chi connectivity index (χ2v) is 3.65. The normalized spacial score (nSPS) is 10.3. The van der Waals surface area contributed by atoms with Gasteiger partial charge in [-0.3, -0.25) is 0 Å². The van der Waals surface area contributed by atoms with Crippen LogP contribution in [0, 0.1) is 11.6 Å². The lowest BCUT2D eigenvalue weighted by atomic mass is 10.0. The third-order valence-corrected chi connectivity index (χ3v) is 2.59. The van der Waals surface area contributed by atoms with Gasteiger partial charge >= 0.3 is 0 Å². The van der Waals surface area contributed by atoms with Crippen LogP contribution < -0.4 is 11.1 Å². The Morgan fingerprint density at radius 2 is 1.88 bits per heavy atom. The highest BCUT2D eigenvalue weighted by molar-refractivity contribution is 5.71. The van der Waals surface area contributed by atoms with Gasteiger partial charge in [-0.15, -0.1) is 0 Å². The second kappa shape index (κ2) is 4.41. The average molecular weight is 234 g/mol. The molecule has 0 saturated carbocycles. The van der Waals surface area contributed by atoms with Crippen molar-refractivity contribution in [2.45, 2.75) is 0 Å². The molecule has 0 spiro atoms. The first-order chi connectivity index (χ1) is 8.13. The lowest BCUT2D eigenvalue weighted by Crippen LogP contribution is -1.98. The number of nitrogens with one attached hydrogen (secondary N) is 1. The number of halogens is 2. The zero-order chi connectivity index (χ0) is 12.4. The van der Waals surface area contributed by atoms with Crippen molar-refractivity contribution in [3.63, 3.8) is 0 Å². The Labute approximate surface area is 98.1 Å². The SMILES string of the molecule is CNc1cccc(-c2ccc(F)c(N)c2F)c1. The van der Waals surface area contributed by atoms with Crippen molar-refractivity contribution in [2.24, 2.45) is 0 Å². The Hall–Kier alpha value is -2.10. The summed E-state index contributed by atoms with van der Waals surface area (Å²) in [5, 5.41) is 2.95. The minimum atomic E-state index is -0.740. The summed E-state index contributed by atoms with van der Waals surface area (Å²) in [6, 6.07) is 9.72. The van der Waals surface area contributed by atoms with Gasteiger partial charge in [-0.2, -0.15) is 0 Å². The number of hydrogen-bond acceptors (Lipinski definition) is 2. The molecule has 0 bridgehead atoms. The van der Waals surface area contributed by atoms with E-state index in [0.29, 0.717) is 11.1 Å². The van der Waals surface area contributed by atoms with E-state index in [9.17, 15) is 8.78 Å². The van der Waals surface area contributed by atoms with Gasteiger partial charge < -0.3 is 11.1 Å². The van der Waals surface area contributed by atoms with Gasteiger partial charge in [-0.25, -0.2) is 8.78 Å². The summed E-state index contributed by atoms with van der Waals surface area (Å²) < 4.78 is 26.8. The third-order valence-electron chi connectivity index (χ3n) is 2.59. The van der Waals surface area contributed by atoms with Crippen LogP contribution in [-0.4, -0.2) is 7.05 Å². The molecular weight excluding hydrogens is 222 g/mol. The summed E-state index contributed by atoms with van der Waals surface area (Å²) in [5.74, 6) is -1.46. The Morgan fingerprint density at radius 3 is 2.59 bits per heavy atom. The van der Waals surface area contributed by atoms with Crippen molar-refractivity contribution in [3.8, 4) is 11.1 Å². The molecule has 2 aromatic carbocycles. The Bertz CT molecular complexity index is 553. The molecule has 0 amide bonds. The van der Waals surface area contributed by atoms with Crippen LogP contribution in [0.5, 0.6) is 0 Å². The number of rotatable bonds is 2. The summed E-state index contributed by atoms with van der Waals surface area (Å²) in [6.45, 7) is 0. The van der Waals surface area contributed by atoms with Crippen LogP contribution in [0.4, 0.5) is 20.2 Å². The first-order valence-corrected chi connectivity index (χ1v) is 5.15. The molecule has 17 heavy (non-hydrogen) atoms. The van der Waals surface area contributed by atoms with E-state index in [1.165, 1.54) is 12.1 Å². The van der Waals surface area contributed by atoms with Crippen LogP contribution in [0.1, 0.15) is 0 Å². The standard InChI is InChI=1S/C13H12F2N2/c1-17-9-4-2-3-8(7-9)10-5-6-11(14)13(16)12(10)15/h2-7,17H,16H2,1H3. The zero-order valence-corrected chi connectivity index (χ0v) is 9.30. The number of benzene rings is 2. The maximum atomic E-state index is 13.8. The van der Waals surface area contributed by atoms with Crippen molar-refractivity contribution < 1.29 is 8.78 Å². The molecule has 2 nitrogen and oxygen atoms in total. The van der Waals surface area contributed by atoms with Crippen molar-refractivity contribution in [2.75, 3.05) is 18.1 Å². The smallest absolute Gasteiger partial charge is 0.156 e. The molecule has 4 heteroatoms. The maximum Gasteiger partial charge on any atom is 0.156 e. The molecule has 88 valence electrons. The Kier molecular flexibility index (Phi) is 2.95. The lowest BCUT2D eigenvalue weighted by Gasteiger charge is -2.08. The minimum Gasteiger partial charge on any atom is -0.394 e. The van der Waals surface area contributed by atoms with Gasteiger partial charge in [0.15, 0.2) is 5.82 Å². The van der Waals surface area contributed by atoms with E-state index in [0.717, 1.165) is 5.69 Å². The maximum absolute atomic E-state index is 13.8. The van der Waals surface area contributed by atoms with Gasteiger partial charge in [0.05, 0.1) is 0 Å². The van der Waals surface area contributed by atoms with Crippen LogP contribution in [0.15, 0.2) is 36.4 Å². The van der Waals surface area contributed by atoms with E-state index in [1.54, 1.807) is 25.2 Å². The molecule has 2 aromatic rings. The summed E-state index contributed by atoms with van der Waals surface area (Å²) in [4.78, 5) is 0. The highest BCUT2D eigenvalue weighted by Gasteiger charge is 2.12. The van der Waals surface area contributed by atoms with E-state index < -0.39 is 17.3 Å². The fourth-order valence-electron chi connectivity index (χ4n) is 1.63. The van der Waals surface area contributed by atoms with Gasteiger partial charge in [0.25, 0.3) is 0 Å². The molecule has 0 unspecified atom stereocenters. The average Bonchev–Trinajstić information content (AvgIpc) is 2.36. The number of nitrogens with two attached hydrogens (primary N) is 1. The molecule has 0 aromatic heterocycles. The summed E-state index contributed by atoms with van der Waals surface area (Å²) in [6.07, 6.45) is 0. The van der Waals surface area contributed by atoms with E-state index in [4.69, 9.17) is 5.73 Å². The summed E-state index contributed by atoms with van der Waals surface area (Å²) in [7, 11) is 1.77. The summed E-state index contributed by atoms with van der Waals surface area (Å²) in [5.41, 5.74) is 6.68. The second-order valence-electron chi connectivity index (χ2n) is 3.65. The molecule has 0 atom stereocenters. The van der Waals surface area contributed by atoms with Crippen molar-refractivity contribution in [1.82, 2.24) is 0 Å². The van der Waals surface area contributed by atoms with Crippen LogP contribution >= 0.6 is 0 Å². The molecule has 0 fully saturated rings. The van der Waals surface area contributed by atoms with Crippen molar-refractivity contribution >= 4 is 11.4 Å². The third kappa shape index (κ3) is 2.06. The largest absolute Gasteiger partial charge is 0.394 e. The molecule has 0 saturated heterocycles. The first kappa shape index (κ1) is 11.4. The lowest BCUT2D eigenvalue weighted by molar-refractivity contribution is 0.594. The molecule has 2 rings (SSSR count). The summed E-state index contributed by atoms with van der Waals surface area (Å²) >= 11 is 0. The first-order valence-electron chi connectivity index (χ1n) is 5.15. The molecule has 0 aliphatic carbocycles. The molecule has 0 aliphatic heterocycles. The van der Waals surface area contributed by atoms with Crippen LogP contribution in [-0.2, 0) is 0 Å². The van der Waals surface area contributed by atoms with Crippen LogP contribution in [0.2, 0.25) is 0 Å². The van der Waals surface area contributed by atoms with Gasteiger partial charge in [0, 0.05) is 18.3 Å². The van der Waals surface area contributed by atoms with Gasteiger partial charge in [0.2, 0.25) is 0 Å². The van der Waals surface area contributed by atoms with E-state index in [2.05, 4.69) is 5.32 Å². The predicted molar refractivity (Wildman–Crippen MR) is 65.8 cm³/mol. The predicted octanol–water partition coefficient (Wildman–Crippen LogP) is 3.26. The van der Waals surface area contributed by atoms with Gasteiger partial charge in [-0.05, 0) is 29.8 Å². The fourth-order valence-corrected chi connectivity index (χ4v) is 1.63. The molecule has 0 heterocycles. The van der Waals surface area contributed by atoms with Crippen molar-refractivity contribution in [3.05, 3.63) is 48.0 Å². The molecule has 0 radical (unpaired) electrons.